The summed E-state index contributed by atoms with van der Waals surface area (Å²) in [5, 5.41) is 22.1. The number of hydrogen-bond donors (Lipinski definition) is 0. The normalized spacial score (nSPS) is 16.9. The van der Waals surface area contributed by atoms with E-state index >= 15 is 0 Å². The molecule has 42 heavy (non-hydrogen) atoms. The zero-order chi connectivity index (χ0) is 29.6. The quantitative estimate of drug-likeness (QED) is 0.186. The molecule has 1 saturated heterocycles. The third-order valence-electron chi connectivity index (χ3n) is 7.47. The molecular formula is C32H28N4O6. The van der Waals surface area contributed by atoms with Crippen molar-refractivity contribution in [1.29, 1.82) is 0 Å². The van der Waals surface area contributed by atoms with Crippen molar-refractivity contribution >= 4 is 23.2 Å². The van der Waals surface area contributed by atoms with Crippen LogP contribution in [0.25, 0.3) is 0 Å². The van der Waals surface area contributed by atoms with Crippen molar-refractivity contribution in [1.82, 2.24) is 9.80 Å². The van der Waals surface area contributed by atoms with Crippen molar-refractivity contribution in [2.24, 2.45) is 0 Å². The highest BCUT2D eigenvalue weighted by Crippen LogP contribution is 2.37. The van der Waals surface area contributed by atoms with Gasteiger partial charge in [-0.15, -0.1) is 0 Å². The predicted molar refractivity (Wildman–Crippen MR) is 155 cm³/mol. The van der Waals surface area contributed by atoms with E-state index in [0.717, 1.165) is 11.1 Å². The molecule has 1 fully saturated rings. The highest BCUT2D eigenvalue weighted by molar-refractivity contribution is 5.98. The summed E-state index contributed by atoms with van der Waals surface area (Å²) in [6, 6.07) is 29.0. The Morgan fingerprint density at radius 1 is 0.524 bits per heavy atom. The molecule has 2 amide bonds. The molecule has 2 unspecified atom stereocenters. The van der Waals surface area contributed by atoms with Crippen molar-refractivity contribution < 1.29 is 19.4 Å². The highest BCUT2D eigenvalue weighted by atomic mass is 16.6. The first-order chi connectivity index (χ1) is 20.3. The highest BCUT2D eigenvalue weighted by Gasteiger charge is 2.46. The molecule has 10 nitrogen and oxygen atoms in total. The molecule has 2 atom stereocenters. The number of benzene rings is 4. The Balaban J connectivity index is 1.47. The number of carbonyl (C=O) groups excluding carboxylic acids is 2. The van der Waals surface area contributed by atoms with Crippen molar-refractivity contribution in [2.75, 3.05) is 13.1 Å². The van der Waals surface area contributed by atoms with Crippen LogP contribution in [0.15, 0.2) is 109 Å². The third-order valence-corrected chi connectivity index (χ3v) is 7.47. The second-order valence-corrected chi connectivity index (χ2v) is 10.0. The largest absolute Gasteiger partial charge is 0.324 e. The van der Waals surface area contributed by atoms with E-state index in [9.17, 15) is 29.8 Å². The zero-order valence-electron chi connectivity index (χ0n) is 22.6. The van der Waals surface area contributed by atoms with E-state index in [1.165, 1.54) is 24.3 Å². The van der Waals surface area contributed by atoms with Crippen LogP contribution in [0.4, 0.5) is 11.4 Å². The molecule has 4 aromatic carbocycles. The second kappa shape index (κ2) is 12.4. The van der Waals surface area contributed by atoms with Crippen LogP contribution < -0.4 is 0 Å². The van der Waals surface area contributed by atoms with E-state index in [0.29, 0.717) is 24.0 Å². The van der Waals surface area contributed by atoms with Gasteiger partial charge in [-0.05, 0) is 35.1 Å². The summed E-state index contributed by atoms with van der Waals surface area (Å²) in [6.07, 6.45) is 0.815. The molecule has 1 aliphatic heterocycles. The van der Waals surface area contributed by atoms with Crippen LogP contribution in [0.1, 0.15) is 34.3 Å². The molecule has 0 saturated carbocycles. The van der Waals surface area contributed by atoms with Crippen LogP contribution in [0.2, 0.25) is 0 Å². The van der Waals surface area contributed by atoms with E-state index < -0.39 is 21.9 Å². The summed E-state index contributed by atoms with van der Waals surface area (Å²) in [5.74, 6) is -0.444. The molecule has 0 N–H and O–H groups in total. The van der Waals surface area contributed by atoms with Crippen LogP contribution >= 0.6 is 0 Å². The molecule has 1 aliphatic rings. The Hall–Kier alpha value is -5.38. The van der Waals surface area contributed by atoms with Gasteiger partial charge in [0.05, 0.1) is 9.85 Å². The van der Waals surface area contributed by atoms with E-state index in [1.807, 2.05) is 60.7 Å². The molecule has 4 aromatic rings. The van der Waals surface area contributed by atoms with Crippen molar-refractivity contribution in [3.8, 4) is 0 Å². The van der Waals surface area contributed by atoms with Crippen molar-refractivity contribution in [3.05, 3.63) is 152 Å². The first-order valence-corrected chi connectivity index (χ1v) is 13.5. The Labute approximate surface area is 242 Å². The molecule has 0 radical (unpaired) electrons. The average molecular weight is 565 g/mol. The van der Waals surface area contributed by atoms with Crippen LogP contribution in [0, 0.1) is 20.2 Å². The van der Waals surface area contributed by atoms with Crippen molar-refractivity contribution in [2.45, 2.75) is 24.9 Å². The predicted octanol–water partition coefficient (Wildman–Crippen LogP) is 5.44. The number of amides is 2. The molecule has 1 heterocycles. The summed E-state index contributed by atoms with van der Waals surface area (Å²) in [6.45, 7) is 0.475. The summed E-state index contributed by atoms with van der Waals surface area (Å²) in [5.41, 5.74) is 2.96. The lowest BCUT2D eigenvalue weighted by Crippen LogP contribution is -2.57. The van der Waals surface area contributed by atoms with Gasteiger partial charge in [-0.2, -0.15) is 0 Å². The Morgan fingerprint density at radius 3 is 1.17 bits per heavy atom. The van der Waals surface area contributed by atoms with Gasteiger partial charge >= 0.3 is 0 Å². The van der Waals surface area contributed by atoms with E-state index in [2.05, 4.69) is 0 Å². The summed E-state index contributed by atoms with van der Waals surface area (Å²) in [4.78, 5) is 53.1. The van der Waals surface area contributed by atoms with Gasteiger partial charge in [0, 0.05) is 37.4 Å². The number of nitro benzene ring substituents is 2. The second-order valence-electron chi connectivity index (χ2n) is 10.0. The smallest absolute Gasteiger partial charge is 0.269 e. The zero-order valence-corrected chi connectivity index (χ0v) is 22.6. The van der Waals surface area contributed by atoms with Crippen LogP contribution in [-0.4, -0.2) is 44.6 Å². The molecule has 0 spiro atoms. The number of rotatable bonds is 10. The standard InChI is InChI=1S/C32H28N4O6/c37-31-29(25-7-3-1-4-8-25)33(21-19-23-11-15-27(16-12-23)35(39)40)32(38)30(26-9-5-2-6-10-26)34(31)22-20-24-13-17-28(18-14-24)36(41)42/h1-18,29-30H,19-22H2. The van der Waals surface area contributed by atoms with Gasteiger partial charge in [-0.1, -0.05) is 84.9 Å². The van der Waals surface area contributed by atoms with Gasteiger partial charge in [0.25, 0.3) is 23.2 Å². The van der Waals surface area contributed by atoms with E-state index in [4.69, 9.17) is 0 Å². The fourth-order valence-corrected chi connectivity index (χ4v) is 5.30. The monoisotopic (exact) mass is 564 g/mol. The first kappa shape index (κ1) is 28.2. The molecule has 10 heteroatoms. The van der Waals surface area contributed by atoms with Gasteiger partial charge in [0.15, 0.2) is 0 Å². The first-order valence-electron chi connectivity index (χ1n) is 13.5. The lowest BCUT2D eigenvalue weighted by atomic mass is 9.93. The molecule has 0 aliphatic carbocycles. The number of nitro groups is 2. The molecule has 0 aromatic heterocycles. The van der Waals surface area contributed by atoms with Crippen LogP contribution in [0.5, 0.6) is 0 Å². The maximum absolute atomic E-state index is 14.3. The summed E-state index contributed by atoms with van der Waals surface area (Å²) >= 11 is 0. The minimum atomic E-state index is -0.853. The number of nitrogens with zero attached hydrogens (tertiary/aromatic N) is 4. The number of non-ortho nitro benzene ring substituents is 2. The maximum atomic E-state index is 14.3. The van der Waals surface area contributed by atoms with Gasteiger partial charge in [0.1, 0.15) is 12.1 Å². The summed E-state index contributed by atoms with van der Waals surface area (Å²) < 4.78 is 0. The Morgan fingerprint density at radius 2 is 0.857 bits per heavy atom. The topological polar surface area (TPSA) is 127 Å². The van der Waals surface area contributed by atoms with Gasteiger partial charge in [-0.3, -0.25) is 29.8 Å². The van der Waals surface area contributed by atoms with E-state index in [-0.39, 0.29) is 36.3 Å². The van der Waals surface area contributed by atoms with Crippen molar-refractivity contribution in [3.63, 3.8) is 0 Å². The van der Waals surface area contributed by atoms with E-state index in [1.54, 1.807) is 34.1 Å². The SMILES string of the molecule is O=C1C(c2ccccc2)N(CCc2ccc([N+](=O)[O-])cc2)C(=O)C(c2ccccc2)N1CCc1ccc([N+](=O)[O-])cc1. The minimum Gasteiger partial charge on any atom is -0.324 e. The van der Waals surface area contributed by atoms with Gasteiger partial charge in [0.2, 0.25) is 0 Å². The molecular weight excluding hydrogens is 536 g/mol. The average Bonchev–Trinajstić information content (AvgIpc) is 3.01. The fraction of sp³-hybridized carbons (Fsp3) is 0.188. The number of hydrogen-bond acceptors (Lipinski definition) is 6. The van der Waals surface area contributed by atoms with Crippen LogP contribution in [0.3, 0.4) is 0 Å². The minimum absolute atomic E-state index is 0.0158. The van der Waals surface area contributed by atoms with Crippen LogP contribution in [-0.2, 0) is 22.4 Å². The molecule has 212 valence electrons. The fourth-order valence-electron chi connectivity index (χ4n) is 5.30. The Bertz CT molecular complexity index is 1460. The van der Waals surface area contributed by atoms with Gasteiger partial charge < -0.3 is 9.80 Å². The Kier molecular flexibility index (Phi) is 8.33. The summed E-state index contributed by atoms with van der Waals surface area (Å²) in [7, 11) is 0. The maximum Gasteiger partial charge on any atom is 0.269 e. The van der Waals surface area contributed by atoms with Gasteiger partial charge in [-0.25, -0.2) is 0 Å². The lowest BCUT2D eigenvalue weighted by molar-refractivity contribution is -0.385. The lowest BCUT2D eigenvalue weighted by Gasteiger charge is -2.45. The molecule has 5 rings (SSSR count). The number of piperazine rings is 1. The third kappa shape index (κ3) is 6.02. The molecule has 0 bridgehead atoms. The number of carbonyl (C=O) groups is 2.